The Morgan fingerprint density at radius 2 is 2.00 bits per heavy atom. The Bertz CT molecular complexity index is 367. The van der Waals surface area contributed by atoms with E-state index in [0.717, 1.165) is 19.3 Å². The largest absolute Gasteiger partial charge is 0.358 e. The molecule has 100 valence electrons. The van der Waals surface area contributed by atoms with E-state index in [0.29, 0.717) is 6.42 Å². The van der Waals surface area contributed by atoms with E-state index in [1.807, 2.05) is 0 Å². The number of hydrogen-bond donors (Lipinski definition) is 2. The summed E-state index contributed by atoms with van der Waals surface area (Å²) in [5.41, 5.74) is 0. The number of nitrogens with one attached hydrogen (secondary N) is 2. The highest BCUT2D eigenvalue weighted by molar-refractivity contribution is 7.91. The summed E-state index contributed by atoms with van der Waals surface area (Å²) in [6.45, 7) is 1.79. The summed E-state index contributed by atoms with van der Waals surface area (Å²) in [5, 5.41) is 5.51. The molecular weight excluding hydrogens is 240 g/mol. The van der Waals surface area contributed by atoms with Gasteiger partial charge in [0.25, 0.3) is 0 Å². The highest BCUT2D eigenvalue weighted by Gasteiger charge is 2.30. The molecule has 0 bridgehead atoms. The van der Waals surface area contributed by atoms with Crippen molar-refractivity contribution in [3.63, 3.8) is 0 Å². The van der Waals surface area contributed by atoms with Crippen LogP contribution in [-0.2, 0) is 14.6 Å². The SMILES string of the molecule is CNC(=O)C(C)NC1CCCC(S(C)(=O)=O)C1. The van der Waals surface area contributed by atoms with Gasteiger partial charge < -0.3 is 10.6 Å². The number of likely N-dealkylation sites (N-methyl/N-ethyl adjacent to an activating group) is 1. The van der Waals surface area contributed by atoms with Gasteiger partial charge in [0.05, 0.1) is 11.3 Å². The molecule has 1 rings (SSSR count). The molecule has 17 heavy (non-hydrogen) atoms. The molecule has 1 fully saturated rings. The van der Waals surface area contributed by atoms with Crippen molar-refractivity contribution in [2.24, 2.45) is 0 Å². The first-order chi connectivity index (χ1) is 7.84. The van der Waals surface area contributed by atoms with E-state index in [1.165, 1.54) is 6.26 Å². The minimum absolute atomic E-state index is 0.0634. The quantitative estimate of drug-likeness (QED) is 0.751. The molecule has 1 aliphatic carbocycles. The zero-order valence-electron chi connectivity index (χ0n) is 10.7. The van der Waals surface area contributed by atoms with Gasteiger partial charge in [0, 0.05) is 19.3 Å². The summed E-state index contributed by atoms with van der Waals surface area (Å²) in [4.78, 5) is 11.4. The molecular formula is C11H22N2O3S. The van der Waals surface area contributed by atoms with Crippen LogP contribution < -0.4 is 10.6 Å². The first kappa shape index (κ1) is 14.4. The van der Waals surface area contributed by atoms with E-state index in [4.69, 9.17) is 0 Å². The lowest BCUT2D eigenvalue weighted by atomic mass is 9.94. The molecule has 2 N–H and O–H groups in total. The number of amides is 1. The second kappa shape index (κ2) is 5.82. The molecule has 0 aliphatic heterocycles. The lowest BCUT2D eigenvalue weighted by Crippen LogP contribution is -2.48. The van der Waals surface area contributed by atoms with Gasteiger partial charge in [-0.25, -0.2) is 8.42 Å². The maximum atomic E-state index is 11.5. The van der Waals surface area contributed by atoms with Crippen LogP contribution in [0.5, 0.6) is 0 Å². The molecule has 0 radical (unpaired) electrons. The highest BCUT2D eigenvalue weighted by atomic mass is 32.2. The summed E-state index contributed by atoms with van der Waals surface area (Å²) >= 11 is 0. The fourth-order valence-corrected chi connectivity index (χ4v) is 3.51. The van der Waals surface area contributed by atoms with Crippen LogP contribution in [-0.4, -0.2) is 45.0 Å². The summed E-state index contributed by atoms with van der Waals surface area (Å²) < 4.78 is 23.0. The molecule has 0 aromatic carbocycles. The summed E-state index contributed by atoms with van der Waals surface area (Å²) in [6.07, 6.45) is 4.48. The van der Waals surface area contributed by atoms with Gasteiger partial charge in [-0.2, -0.15) is 0 Å². The molecule has 6 heteroatoms. The first-order valence-corrected chi connectivity index (χ1v) is 7.96. The smallest absolute Gasteiger partial charge is 0.236 e. The molecule has 1 amide bonds. The third-order valence-corrected chi connectivity index (χ3v) is 5.00. The van der Waals surface area contributed by atoms with Gasteiger partial charge in [0.15, 0.2) is 0 Å². The normalized spacial score (nSPS) is 27.5. The molecule has 0 saturated heterocycles. The van der Waals surface area contributed by atoms with Gasteiger partial charge in [-0.3, -0.25) is 4.79 Å². The molecule has 0 heterocycles. The number of sulfone groups is 1. The predicted molar refractivity (Wildman–Crippen MR) is 67.6 cm³/mol. The fraction of sp³-hybridized carbons (Fsp3) is 0.909. The summed E-state index contributed by atoms with van der Waals surface area (Å²) in [5.74, 6) is -0.0634. The van der Waals surface area contributed by atoms with E-state index in [1.54, 1.807) is 14.0 Å². The minimum Gasteiger partial charge on any atom is -0.358 e. The number of hydrogen-bond acceptors (Lipinski definition) is 4. The number of carbonyl (C=O) groups excluding carboxylic acids is 1. The standard InChI is InChI=1S/C11H22N2O3S/c1-8(11(14)12-2)13-9-5-4-6-10(7-9)17(3,15)16/h8-10,13H,4-7H2,1-3H3,(H,12,14). The van der Waals surface area contributed by atoms with Crippen molar-refractivity contribution in [3.8, 4) is 0 Å². The molecule has 5 nitrogen and oxygen atoms in total. The van der Waals surface area contributed by atoms with Gasteiger partial charge >= 0.3 is 0 Å². The van der Waals surface area contributed by atoms with Crippen LogP contribution in [0.4, 0.5) is 0 Å². The Balaban J connectivity index is 2.53. The second-order valence-electron chi connectivity index (χ2n) is 4.82. The van der Waals surface area contributed by atoms with Crippen molar-refractivity contribution in [2.75, 3.05) is 13.3 Å². The van der Waals surface area contributed by atoms with Crippen molar-refractivity contribution in [3.05, 3.63) is 0 Å². The maximum absolute atomic E-state index is 11.5. The van der Waals surface area contributed by atoms with Crippen molar-refractivity contribution in [2.45, 2.75) is 49.9 Å². The molecule has 0 spiro atoms. The third-order valence-electron chi connectivity index (χ3n) is 3.36. The van der Waals surface area contributed by atoms with Crippen molar-refractivity contribution in [1.29, 1.82) is 0 Å². The van der Waals surface area contributed by atoms with Crippen LogP contribution in [0, 0.1) is 0 Å². The Labute approximate surface area is 103 Å². The molecule has 3 unspecified atom stereocenters. The lowest BCUT2D eigenvalue weighted by molar-refractivity contribution is -0.122. The van der Waals surface area contributed by atoms with Crippen LogP contribution in [0.25, 0.3) is 0 Å². The van der Waals surface area contributed by atoms with E-state index < -0.39 is 9.84 Å². The average molecular weight is 262 g/mol. The molecule has 3 atom stereocenters. The van der Waals surface area contributed by atoms with Gasteiger partial charge in [-0.15, -0.1) is 0 Å². The van der Waals surface area contributed by atoms with Gasteiger partial charge in [-0.1, -0.05) is 6.42 Å². The first-order valence-electron chi connectivity index (χ1n) is 6.01. The number of carbonyl (C=O) groups is 1. The van der Waals surface area contributed by atoms with E-state index >= 15 is 0 Å². The summed E-state index contributed by atoms with van der Waals surface area (Å²) in [7, 11) is -1.36. The van der Waals surface area contributed by atoms with Crippen molar-refractivity contribution in [1.82, 2.24) is 10.6 Å². The van der Waals surface area contributed by atoms with E-state index in [-0.39, 0.29) is 23.2 Å². The van der Waals surface area contributed by atoms with Crippen LogP contribution in [0.1, 0.15) is 32.6 Å². The van der Waals surface area contributed by atoms with Crippen LogP contribution >= 0.6 is 0 Å². The van der Waals surface area contributed by atoms with Gasteiger partial charge in [0.1, 0.15) is 9.84 Å². The maximum Gasteiger partial charge on any atom is 0.236 e. The Morgan fingerprint density at radius 3 is 2.53 bits per heavy atom. The molecule has 0 aromatic heterocycles. The van der Waals surface area contributed by atoms with Gasteiger partial charge in [-0.05, 0) is 26.2 Å². The van der Waals surface area contributed by atoms with Crippen LogP contribution in [0.3, 0.4) is 0 Å². The van der Waals surface area contributed by atoms with Gasteiger partial charge in [0.2, 0.25) is 5.91 Å². The average Bonchev–Trinajstić information content (AvgIpc) is 2.27. The zero-order valence-corrected chi connectivity index (χ0v) is 11.5. The Hall–Kier alpha value is -0.620. The number of rotatable bonds is 4. The highest BCUT2D eigenvalue weighted by Crippen LogP contribution is 2.24. The zero-order chi connectivity index (χ0) is 13.1. The Kier molecular flexibility index (Phi) is 4.94. The second-order valence-corrected chi connectivity index (χ2v) is 7.14. The topological polar surface area (TPSA) is 75.3 Å². The molecule has 1 saturated carbocycles. The van der Waals surface area contributed by atoms with Crippen molar-refractivity contribution >= 4 is 15.7 Å². The Morgan fingerprint density at radius 1 is 1.35 bits per heavy atom. The fourth-order valence-electron chi connectivity index (χ4n) is 2.33. The molecule has 1 aliphatic rings. The predicted octanol–water partition coefficient (Wildman–Crippen LogP) is 0.0663. The van der Waals surface area contributed by atoms with Crippen molar-refractivity contribution < 1.29 is 13.2 Å². The van der Waals surface area contributed by atoms with E-state index in [9.17, 15) is 13.2 Å². The third kappa shape index (κ3) is 4.27. The summed E-state index contributed by atoms with van der Waals surface area (Å²) in [6, 6.07) is -0.154. The minimum atomic E-state index is -2.96. The molecule has 0 aromatic rings. The van der Waals surface area contributed by atoms with Crippen LogP contribution in [0.15, 0.2) is 0 Å². The van der Waals surface area contributed by atoms with E-state index in [2.05, 4.69) is 10.6 Å². The lowest BCUT2D eigenvalue weighted by Gasteiger charge is -2.30. The monoisotopic (exact) mass is 262 g/mol. The van der Waals surface area contributed by atoms with Crippen LogP contribution in [0.2, 0.25) is 0 Å².